The number of amides is 1. The van der Waals surface area contributed by atoms with Crippen LogP contribution in [0, 0.1) is 0 Å². The molecule has 34 heavy (non-hydrogen) atoms. The molecular weight excluding hydrogens is 493 g/mol. The highest BCUT2D eigenvalue weighted by Gasteiger charge is 2.37. The molecule has 2 aromatic rings. The van der Waals surface area contributed by atoms with Gasteiger partial charge < -0.3 is 15.4 Å². The van der Waals surface area contributed by atoms with Crippen molar-refractivity contribution in [1.82, 2.24) is 4.90 Å². The first-order valence-electron chi connectivity index (χ1n) is 10.6. The van der Waals surface area contributed by atoms with Gasteiger partial charge in [0.15, 0.2) is 9.84 Å². The maximum Gasteiger partial charge on any atom is 0.417 e. The third-order valence-electron chi connectivity index (χ3n) is 5.34. The molecule has 11 heteroatoms. The fourth-order valence-electron chi connectivity index (χ4n) is 3.89. The zero-order valence-corrected chi connectivity index (χ0v) is 20.5. The Morgan fingerprint density at radius 2 is 1.79 bits per heavy atom. The lowest BCUT2D eigenvalue weighted by molar-refractivity contribution is -0.137. The maximum absolute atomic E-state index is 13.5. The number of sulfone groups is 1. The van der Waals surface area contributed by atoms with Crippen LogP contribution in [0.15, 0.2) is 41.3 Å². The third kappa shape index (κ3) is 5.96. The summed E-state index contributed by atoms with van der Waals surface area (Å²) >= 11 is 6.06. The largest absolute Gasteiger partial charge is 0.444 e. The fraction of sp³-hybridized carbons (Fsp3) is 0.435. The van der Waals surface area contributed by atoms with Gasteiger partial charge >= 0.3 is 12.3 Å². The van der Waals surface area contributed by atoms with Crippen molar-refractivity contribution in [3.05, 3.63) is 47.0 Å². The average Bonchev–Trinajstić information content (AvgIpc) is 3.13. The van der Waals surface area contributed by atoms with E-state index in [9.17, 15) is 26.4 Å². The van der Waals surface area contributed by atoms with E-state index in [0.717, 1.165) is 6.07 Å². The van der Waals surface area contributed by atoms with Crippen molar-refractivity contribution in [2.24, 2.45) is 0 Å². The molecule has 0 radical (unpaired) electrons. The smallest absolute Gasteiger partial charge is 0.417 e. The summed E-state index contributed by atoms with van der Waals surface area (Å²) in [5.41, 5.74) is 3.50. The minimum absolute atomic E-state index is 0.0626. The fourth-order valence-corrected chi connectivity index (χ4v) is 5.83. The normalized spacial score (nSPS) is 17.1. The molecule has 0 aliphatic carbocycles. The maximum atomic E-state index is 13.5. The molecule has 1 fully saturated rings. The van der Waals surface area contributed by atoms with Crippen LogP contribution in [0.1, 0.15) is 39.2 Å². The molecule has 1 amide bonds. The summed E-state index contributed by atoms with van der Waals surface area (Å²) in [6.45, 7) is 5.58. The Bertz CT molecular complexity index is 1180. The number of benzene rings is 2. The van der Waals surface area contributed by atoms with Gasteiger partial charge in [-0.15, -0.1) is 0 Å². The Labute approximate surface area is 201 Å². The van der Waals surface area contributed by atoms with Crippen LogP contribution in [0.25, 0.3) is 11.1 Å². The number of hydrogen-bond acceptors (Lipinski definition) is 5. The van der Waals surface area contributed by atoms with Crippen LogP contribution in [-0.2, 0) is 20.8 Å². The molecular formula is C23H26ClF3N2O4S. The Hall–Kier alpha value is -2.46. The van der Waals surface area contributed by atoms with Crippen LogP contribution in [0.4, 0.5) is 23.7 Å². The van der Waals surface area contributed by atoms with E-state index < -0.39 is 39.3 Å². The number of nitrogens with two attached hydrogens (primary N) is 1. The first-order chi connectivity index (χ1) is 15.6. The zero-order valence-electron chi connectivity index (χ0n) is 18.9. The topological polar surface area (TPSA) is 89.7 Å². The Balaban J connectivity index is 1.86. The summed E-state index contributed by atoms with van der Waals surface area (Å²) < 4.78 is 72.1. The minimum Gasteiger partial charge on any atom is -0.444 e. The number of likely N-dealkylation sites (tertiary alicyclic amines) is 1. The van der Waals surface area contributed by atoms with E-state index in [1.165, 1.54) is 35.2 Å². The number of ether oxygens (including phenoxy) is 1. The zero-order chi connectivity index (χ0) is 25.5. The summed E-state index contributed by atoms with van der Waals surface area (Å²) in [4.78, 5) is 13.8. The summed E-state index contributed by atoms with van der Waals surface area (Å²) in [7, 11) is -3.83. The van der Waals surface area contributed by atoms with E-state index in [2.05, 4.69) is 0 Å². The second kappa shape index (κ2) is 9.30. The second-order valence-corrected chi connectivity index (χ2v) is 11.6. The minimum atomic E-state index is -4.70. The summed E-state index contributed by atoms with van der Waals surface area (Å²) in [5.74, 6) is -0.317. The Morgan fingerprint density at radius 1 is 1.18 bits per heavy atom. The van der Waals surface area contributed by atoms with Gasteiger partial charge in [0.05, 0.1) is 21.2 Å². The molecule has 1 saturated heterocycles. The van der Waals surface area contributed by atoms with Crippen LogP contribution in [-0.4, -0.2) is 43.4 Å². The van der Waals surface area contributed by atoms with Crippen molar-refractivity contribution >= 4 is 33.2 Å². The number of carbonyl (C=O) groups excluding carboxylic acids is 1. The number of carbonyl (C=O) groups is 1. The number of alkyl halides is 3. The highest BCUT2D eigenvalue weighted by molar-refractivity contribution is 7.91. The quantitative estimate of drug-likeness (QED) is 0.518. The molecule has 3 rings (SSSR count). The molecule has 0 bridgehead atoms. The van der Waals surface area contributed by atoms with Crippen LogP contribution in [0.2, 0.25) is 5.02 Å². The molecule has 1 heterocycles. The van der Waals surface area contributed by atoms with E-state index in [4.69, 9.17) is 22.1 Å². The lowest BCUT2D eigenvalue weighted by Gasteiger charge is -2.28. The summed E-state index contributed by atoms with van der Waals surface area (Å²) in [6.07, 6.45) is -4.12. The summed E-state index contributed by atoms with van der Waals surface area (Å²) in [6, 6.07) is 6.48. The molecule has 0 aromatic heterocycles. The van der Waals surface area contributed by atoms with E-state index in [1.807, 2.05) is 0 Å². The van der Waals surface area contributed by atoms with Crippen molar-refractivity contribution < 1.29 is 31.1 Å². The molecule has 1 unspecified atom stereocenters. The van der Waals surface area contributed by atoms with Gasteiger partial charge in [0.25, 0.3) is 0 Å². The SMILES string of the molecule is CC(C)(C)OC(=O)N1CCCC1CS(=O)(=O)c1ccc(-c2c(Cl)cc(N)cc2C(F)(F)F)cc1. The van der Waals surface area contributed by atoms with Gasteiger partial charge in [0.1, 0.15) is 5.60 Å². The molecule has 1 atom stereocenters. The van der Waals surface area contributed by atoms with E-state index in [1.54, 1.807) is 20.8 Å². The molecule has 0 saturated carbocycles. The van der Waals surface area contributed by atoms with Gasteiger partial charge in [-0.2, -0.15) is 13.2 Å². The molecule has 1 aliphatic heterocycles. The van der Waals surface area contributed by atoms with Gasteiger partial charge in [0.2, 0.25) is 0 Å². The highest BCUT2D eigenvalue weighted by atomic mass is 35.5. The number of rotatable bonds is 4. The van der Waals surface area contributed by atoms with Crippen molar-refractivity contribution in [2.45, 2.75) is 56.3 Å². The van der Waals surface area contributed by atoms with Crippen LogP contribution in [0.3, 0.4) is 0 Å². The molecule has 186 valence electrons. The Kier molecular flexibility index (Phi) is 7.15. The summed E-state index contributed by atoms with van der Waals surface area (Å²) in [5, 5.41) is -0.193. The third-order valence-corrected chi connectivity index (χ3v) is 7.45. The second-order valence-electron chi connectivity index (χ2n) is 9.20. The van der Waals surface area contributed by atoms with E-state index in [-0.39, 0.29) is 32.5 Å². The Morgan fingerprint density at radius 3 is 2.35 bits per heavy atom. The number of nitrogen functional groups attached to an aromatic ring is 1. The monoisotopic (exact) mass is 518 g/mol. The molecule has 2 aromatic carbocycles. The predicted octanol–water partition coefficient (Wildman–Crippen LogP) is 5.78. The molecule has 1 aliphatic rings. The number of nitrogens with zero attached hydrogens (tertiary/aromatic N) is 1. The van der Waals surface area contributed by atoms with Crippen LogP contribution in [0.5, 0.6) is 0 Å². The first-order valence-corrected chi connectivity index (χ1v) is 12.6. The van der Waals surface area contributed by atoms with Crippen molar-refractivity contribution in [3.8, 4) is 11.1 Å². The number of halogens is 4. The number of hydrogen-bond donors (Lipinski definition) is 1. The lowest BCUT2D eigenvalue weighted by atomic mass is 9.98. The van der Waals surface area contributed by atoms with Crippen molar-refractivity contribution in [2.75, 3.05) is 18.0 Å². The van der Waals surface area contributed by atoms with Gasteiger partial charge in [-0.25, -0.2) is 13.2 Å². The van der Waals surface area contributed by atoms with Crippen molar-refractivity contribution in [3.63, 3.8) is 0 Å². The standard InChI is InChI=1S/C23H26ClF3N2O4S/c1-22(2,3)33-21(30)29-10-4-5-16(29)13-34(31,32)17-8-6-14(7-9-17)20-18(23(25,26)27)11-15(28)12-19(20)24/h6-9,11-12,16H,4-5,10,13,28H2,1-3H3. The van der Waals surface area contributed by atoms with Gasteiger partial charge in [-0.1, -0.05) is 23.7 Å². The highest BCUT2D eigenvalue weighted by Crippen LogP contribution is 2.42. The van der Waals surface area contributed by atoms with E-state index in [0.29, 0.717) is 19.4 Å². The number of anilines is 1. The first kappa shape index (κ1) is 26.2. The molecule has 2 N–H and O–H groups in total. The molecule has 0 spiro atoms. The van der Waals surface area contributed by atoms with Crippen LogP contribution < -0.4 is 5.73 Å². The predicted molar refractivity (Wildman–Crippen MR) is 124 cm³/mol. The van der Waals surface area contributed by atoms with Gasteiger partial charge in [-0.05, 0) is 63.4 Å². The van der Waals surface area contributed by atoms with Crippen molar-refractivity contribution in [1.29, 1.82) is 0 Å². The van der Waals surface area contributed by atoms with E-state index >= 15 is 0 Å². The van der Waals surface area contributed by atoms with Gasteiger partial charge in [-0.3, -0.25) is 0 Å². The van der Waals surface area contributed by atoms with Crippen LogP contribution >= 0.6 is 11.6 Å². The lowest BCUT2D eigenvalue weighted by Crippen LogP contribution is -2.42. The average molecular weight is 519 g/mol. The molecule has 6 nitrogen and oxygen atoms in total. The van der Waals surface area contributed by atoms with Gasteiger partial charge in [0, 0.05) is 23.8 Å².